The van der Waals surface area contributed by atoms with Crippen molar-refractivity contribution in [3.05, 3.63) is 47.8 Å². The highest BCUT2D eigenvalue weighted by Gasteiger charge is 2.31. The van der Waals surface area contributed by atoms with Crippen molar-refractivity contribution in [1.82, 2.24) is 5.32 Å². The van der Waals surface area contributed by atoms with Crippen LogP contribution in [0.25, 0.3) is 0 Å². The molecule has 1 aromatic rings. The first kappa shape index (κ1) is 16.0. The van der Waals surface area contributed by atoms with Gasteiger partial charge in [-0.1, -0.05) is 6.08 Å². The van der Waals surface area contributed by atoms with Gasteiger partial charge in [-0.3, -0.25) is 0 Å². The molecule has 0 atom stereocenters. The minimum absolute atomic E-state index is 0.218. The smallest absolute Gasteiger partial charge is 0.312 e. The normalized spacial score (nSPS) is 11.6. The molecule has 0 saturated carbocycles. The molecule has 0 aliphatic rings. The highest BCUT2D eigenvalue weighted by Crippen LogP contribution is 2.30. The highest BCUT2D eigenvalue weighted by atomic mass is 32.2. The van der Waals surface area contributed by atoms with E-state index in [4.69, 9.17) is 0 Å². The molecular weight excluding hydrogens is 278 g/mol. The monoisotopic (exact) mass is 293 g/mol. The maximum atomic E-state index is 13.1. The van der Waals surface area contributed by atoms with E-state index in [-0.39, 0.29) is 6.54 Å². The summed E-state index contributed by atoms with van der Waals surface area (Å²) < 4.78 is 50.5. The summed E-state index contributed by atoms with van der Waals surface area (Å²) in [5, 5.41) is 2.98. The zero-order valence-electron chi connectivity index (χ0n) is 10.3. The van der Waals surface area contributed by atoms with Gasteiger partial charge in [0.05, 0.1) is 5.56 Å². The predicted octanol–water partition coefficient (Wildman–Crippen LogP) is 3.85. The molecule has 19 heavy (non-hydrogen) atoms. The van der Waals surface area contributed by atoms with Gasteiger partial charge in [0, 0.05) is 24.6 Å². The first-order chi connectivity index (χ1) is 8.93. The third kappa shape index (κ3) is 6.11. The van der Waals surface area contributed by atoms with E-state index in [1.807, 2.05) is 0 Å². The van der Waals surface area contributed by atoms with Gasteiger partial charge in [-0.2, -0.15) is 24.9 Å². The Kier molecular flexibility index (Phi) is 6.37. The largest absolute Gasteiger partial charge is 0.416 e. The quantitative estimate of drug-likeness (QED) is 0.465. The van der Waals surface area contributed by atoms with Crippen LogP contribution in [-0.4, -0.2) is 18.1 Å². The Morgan fingerprint density at radius 1 is 1.26 bits per heavy atom. The topological polar surface area (TPSA) is 12.0 Å². The summed E-state index contributed by atoms with van der Waals surface area (Å²) >= 11 is 1.66. The van der Waals surface area contributed by atoms with Gasteiger partial charge in [0.25, 0.3) is 0 Å². The average molecular weight is 293 g/mol. The molecule has 0 heterocycles. The van der Waals surface area contributed by atoms with Gasteiger partial charge >= 0.3 is 6.18 Å². The summed E-state index contributed by atoms with van der Waals surface area (Å²) in [6, 6.07) is 2.58. The molecule has 0 saturated heterocycles. The Bertz CT molecular complexity index is 418. The predicted molar refractivity (Wildman–Crippen MR) is 70.6 cm³/mol. The zero-order valence-corrected chi connectivity index (χ0v) is 11.1. The van der Waals surface area contributed by atoms with Gasteiger partial charge in [-0.15, -0.1) is 6.58 Å². The van der Waals surface area contributed by atoms with Gasteiger partial charge in [-0.25, -0.2) is 4.39 Å². The van der Waals surface area contributed by atoms with Crippen molar-refractivity contribution in [2.24, 2.45) is 0 Å². The third-order valence-electron chi connectivity index (χ3n) is 2.27. The SMILES string of the molecule is C=CCSCCNCc1cc(F)cc(C(F)(F)F)c1. The number of halogens is 4. The second-order valence-electron chi connectivity index (χ2n) is 3.89. The Morgan fingerprint density at radius 2 is 2.00 bits per heavy atom. The number of rotatable bonds is 7. The molecule has 0 aromatic heterocycles. The summed E-state index contributed by atoms with van der Waals surface area (Å²) in [4.78, 5) is 0. The molecule has 0 aliphatic heterocycles. The van der Waals surface area contributed by atoms with Crippen molar-refractivity contribution in [3.8, 4) is 0 Å². The zero-order chi connectivity index (χ0) is 14.3. The third-order valence-corrected chi connectivity index (χ3v) is 3.24. The summed E-state index contributed by atoms with van der Waals surface area (Å²) in [6.07, 6.45) is -2.73. The van der Waals surface area contributed by atoms with E-state index in [0.717, 1.165) is 23.6 Å². The van der Waals surface area contributed by atoms with E-state index in [9.17, 15) is 17.6 Å². The van der Waals surface area contributed by atoms with Crippen LogP contribution in [0.5, 0.6) is 0 Å². The van der Waals surface area contributed by atoms with E-state index in [0.29, 0.717) is 18.2 Å². The first-order valence-corrected chi connectivity index (χ1v) is 6.85. The number of benzene rings is 1. The molecule has 0 amide bonds. The van der Waals surface area contributed by atoms with Gasteiger partial charge in [0.15, 0.2) is 0 Å². The molecule has 6 heteroatoms. The first-order valence-electron chi connectivity index (χ1n) is 5.69. The van der Waals surface area contributed by atoms with Gasteiger partial charge in [0.1, 0.15) is 5.82 Å². The average Bonchev–Trinajstić information content (AvgIpc) is 2.32. The fraction of sp³-hybridized carbons (Fsp3) is 0.385. The Balaban J connectivity index is 2.50. The number of nitrogens with one attached hydrogen (secondary N) is 1. The molecule has 0 aliphatic carbocycles. The minimum Gasteiger partial charge on any atom is -0.312 e. The van der Waals surface area contributed by atoms with Crippen LogP contribution >= 0.6 is 11.8 Å². The van der Waals surface area contributed by atoms with E-state index in [1.165, 1.54) is 0 Å². The van der Waals surface area contributed by atoms with E-state index < -0.39 is 17.6 Å². The van der Waals surface area contributed by atoms with Crippen molar-refractivity contribution in [2.45, 2.75) is 12.7 Å². The van der Waals surface area contributed by atoms with E-state index in [1.54, 1.807) is 17.8 Å². The lowest BCUT2D eigenvalue weighted by Crippen LogP contribution is -2.17. The van der Waals surface area contributed by atoms with Crippen LogP contribution in [0, 0.1) is 5.82 Å². The Hall–Kier alpha value is -1.01. The van der Waals surface area contributed by atoms with Gasteiger partial charge < -0.3 is 5.32 Å². The lowest BCUT2D eigenvalue weighted by atomic mass is 10.1. The fourth-order valence-corrected chi connectivity index (χ4v) is 2.08. The molecule has 0 unspecified atom stereocenters. The van der Waals surface area contributed by atoms with Gasteiger partial charge in [0.2, 0.25) is 0 Å². The molecule has 106 valence electrons. The lowest BCUT2D eigenvalue weighted by Gasteiger charge is -2.10. The molecule has 0 radical (unpaired) electrons. The van der Waals surface area contributed by atoms with Crippen molar-refractivity contribution in [2.75, 3.05) is 18.1 Å². The summed E-state index contributed by atoms with van der Waals surface area (Å²) in [6.45, 7) is 4.45. The van der Waals surface area contributed by atoms with Crippen LogP contribution in [-0.2, 0) is 12.7 Å². The van der Waals surface area contributed by atoms with Crippen LogP contribution in [0.4, 0.5) is 17.6 Å². The van der Waals surface area contributed by atoms with E-state index >= 15 is 0 Å². The molecule has 1 rings (SSSR count). The highest BCUT2D eigenvalue weighted by molar-refractivity contribution is 7.99. The van der Waals surface area contributed by atoms with Crippen LogP contribution in [0.1, 0.15) is 11.1 Å². The Morgan fingerprint density at radius 3 is 2.63 bits per heavy atom. The Labute approximate surface area is 114 Å². The standard InChI is InChI=1S/C13H15F4NS/c1-2-4-19-5-3-18-9-10-6-11(13(15,16)17)8-12(14)7-10/h2,6-8,18H,1,3-5,9H2. The summed E-state index contributed by atoms with van der Waals surface area (Å²) in [5.74, 6) is 0.792. The van der Waals surface area contributed by atoms with Crippen LogP contribution in [0.2, 0.25) is 0 Å². The fourth-order valence-electron chi connectivity index (χ4n) is 1.46. The van der Waals surface area contributed by atoms with Crippen molar-refractivity contribution in [1.29, 1.82) is 0 Å². The van der Waals surface area contributed by atoms with Crippen molar-refractivity contribution >= 4 is 11.8 Å². The number of alkyl halides is 3. The minimum atomic E-state index is -4.52. The van der Waals surface area contributed by atoms with Crippen LogP contribution < -0.4 is 5.32 Å². The van der Waals surface area contributed by atoms with Crippen molar-refractivity contribution in [3.63, 3.8) is 0 Å². The second-order valence-corrected chi connectivity index (χ2v) is 5.04. The van der Waals surface area contributed by atoms with Gasteiger partial charge in [-0.05, 0) is 23.8 Å². The molecule has 0 fully saturated rings. The molecule has 1 nitrogen and oxygen atoms in total. The maximum absolute atomic E-state index is 13.1. The molecule has 1 aromatic carbocycles. The van der Waals surface area contributed by atoms with Crippen LogP contribution in [0.15, 0.2) is 30.9 Å². The van der Waals surface area contributed by atoms with Crippen LogP contribution in [0.3, 0.4) is 0 Å². The molecule has 1 N–H and O–H groups in total. The summed E-state index contributed by atoms with van der Waals surface area (Å²) in [7, 11) is 0. The summed E-state index contributed by atoms with van der Waals surface area (Å²) in [5.41, 5.74) is -0.661. The molecular formula is C13H15F4NS. The lowest BCUT2D eigenvalue weighted by molar-refractivity contribution is -0.137. The number of thioether (sulfide) groups is 1. The van der Waals surface area contributed by atoms with E-state index in [2.05, 4.69) is 11.9 Å². The molecule has 0 bridgehead atoms. The molecule has 0 spiro atoms. The van der Waals surface area contributed by atoms with Crippen molar-refractivity contribution < 1.29 is 17.6 Å². The second kappa shape index (κ2) is 7.55. The number of hydrogen-bond donors (Lipinski definition) is 1. The maximum Gasteiger partial charge on any atom is 0.416 e. The number of hydrogen-bond acceptors (Lipinski definition) is 2.